The summed E-state index contributed by atoms with van der Waals surface area (Å²) in [5.74, 6) is -0.298. The summed E-state index contributed by atoms with van der Waals surface area (Å²) in [5.41, 5.74) is 4.45. The highest BCUT2D eigenvalue weighted by Gasteiger charge is 2.18. The molecule has 8 heteroatoms. The first-order valence-electron chi connectivity index (χ1n) is 6.91. The van der Waals surface area contributed by atoms with Crippen LogP contribution in [0.2, 0.25) is 0 Å². The third-order valence-electron chi connectivity index (χ3n) is 3.36. The molecule has 0 fully saturated rings. The lowest BCUT2D eigenvalue weighted by molar-refractivity contribution is 0.102. The van der Waals surface area contributed by atoms with Crippen LogP contribution < -0.4 is 10.0 Å². The Labute approximate surface area is 140 Å². The van der Waals surface area contributed by atoms with Crippen LogP contribution in [0, 0.1) is 27.7 Å². The van der Waals surface area contributed by atoms with E-state index in [9.17, 15) is 13.2 Å². The lowest BCUT2D eigenvalue weighted by atomic mass is 10.0. The van der Waals surface area contributed by atoms with Crippen LogP contribution in [0.15, 0.2) is 12.1 Å². The lowest BCUT2D eigenvalue weighted by Crippen LogP contribution is -2.12. The normalized spacial score (nSPS) is 11.3. The van der Waals surface area contributed by atoms with Crippen molar-refractivity contribution in [1.82, 2.24) is 4.98 Å². The Kier molecular flexibility index (Phi) is 4.76. The number of carbonyl (C=O) groups excluding carboxylic acids is 1. The first-order valence-corrected chi connectivity index (χ1v) is 9.62. The fourth-order valence-electron chi connectivity index (χ4n) is 2.08. The molecule has 124 valence electrons. The minimum atomic E-state index is -3.42. The molecule has 0 saturated carbocycles. The fraction of sp³-hybridized carbons (Fsp3) is 0.333. The van der Waals surface area contributed by atoms with Crippen LogP contribution >= 0.6 is 11.3 Å². The van der Waals surface area contributed by atoms with E-state index < -0.39 is 10.0 Å². The van der Waals surface area contributed by atoms with Gasteiger partial charge >= 0.3 is 0 Å². The summed E-state index contributed by atoms with van der Waals surface area (Å²) < 4.78 is 24.8. The highest BCUT2D eigenvalue weighted by Crippen LogP contribution is 2.26. The van der Waals surface area contributed by atoms with Gasteiger partial charge in [0.05, 0.1) is 11.9 Å². The van der Waals surface area contributed by atoms with Crippen LogP contribution in [0.5, 0.6) is 0 Å². The van der Waals surface area contributed by atoms with Crippen LogP contribution in [0.25, 0.3) is 0 Å². The molecule has 2 rings (SSSR count). The third-order valence-corrected chi connectivity index (χ3v) is 5.13. The molecule has 1 amide bonds. The molecule has 0 bridgehead atoms. The molecule has 0 aliphatic heterocycles. The van der Waals surface area contributed by atoms with Crippen molar-refractivity contribution in [3.05, 3.63) is 39.4 Å². The minimum Gasteiger partial charge on any atom is -0.321 e. The second kappa shape index (κ2) is 6.29. The maximum absolute atomic E-state index is 12.4. The van der Waals surface area contributed by atoms with E-state index in [0.29, 0.717) is 10.6 Å². The molecule has 1 aromatic carbocycles. The van der Waals surface area contributed by atoms with Gasteiger partial charge in [0.1, 0.15) is 4.88 Å². The van der Waals surface area contributed by atoms with Gasteiger partial charge in [0.2, 0.25) is 10.0 Å². The molecule has 6 nitrogen and oxygen atoms in total. The number of sulfonamides is 1. The number of hydrogen-bond acceptors (Lipinski definition) is 5. The van der Waals surface area contributed by atoms with E-state index in [1.54, 1.807) is 6.92 Å². The van der Waals surface area contributed by atoms with Gasteiger partial charge in [-0.1, -0.05) is 17.4 Å². The van der Waals surface area contributed by atoms with Gasteiger partial charge < -0.3 is 5.32 Å². The second-order valence-corrected chi connectivity index (χ2v) is 8.26. The van der Waals surface area contributed by atoms with Crippen LogP contribution in [0.4, 0.5) is 10.8 Å². The van der Waals surface area contributed by atoms with Crippen LogP contribution in [-0.2, 0) is 10.0 Å². The molecule has 0 saturated heterocycles. The maximum Gasteiger partial charge on any atom is 0.267 e. The number of aromatic nitrogens is 1. The number of aryl methyl sites for hydroxylation is 4. The summed E-state index contributed by atoms with van der Waals surface area (Å²) in [5, 5.41) is 3.05. The predicted octanol–water partition coefficient (Wildman–Crippen LogP) is 3.00. The summed E-state index contributed by atoms with van der Waals surface area (Å²) in [6.45, 7) is 7.60. The van der Waals surface area contributed by atoms with Gasteiger partial charge in [-0.15, -0.1) is 0 Å². The predicted molar refractivity (Wildman–Crippen MR) is 93.9 cm³/mol. The Bertz CT molecular complexity index is 870. The number of anilines is 2. The minimum absolute atomic E-state index is 0.187. The van der Waals surface area contributed by atoms with Crippen LogP contribution in [0.1, 0.15) is 32.1 Å². The summed E-state index contributed by atoms with van der Waals surface area (Å²) in [6, 6.07) is 3.94. The third kappa shape index (κ3) is 4.29. The zero-order chi connectivity index (χ0) is 17.4. The van der Waals surface area contributed by atoms with E-state index in [2.05, 4.69) is 15.0 Å². The SMILES string of the molecule is Cc1cc(C)c(NC(=O)c2sc(NS(C)(=O)=O)nc2C)cc1C. The van der Waals surface area contributed by atoms with Gasteiger partial charge in [-0.2, -0.15) is 0 Å². The van der Waals surface area contributed by atoms with Crippen molar-refractivity contribution >= 4 is 38.1 Å². The average molecular weight is 353 g/mol. The maximum atomic E-state index is 12.4. The zero-order valence-electron chi connectivity index (χ0n) is 13.6. The quantitative estimate of drug-likeness (QED) is 0.884. The fourth-order valence-corrected chi connectivity index (χ4v) is 3.78. The van der Waals surface area contributed by atoms with Gasteiger partial charge in [0.15, 0.2) is 5.13 Å². The van der Waals surface area contributed by atoms with E-state index in [0.717, 1.165) is 40.0 Å². The molecule has 23 heavy (non-hydrogen) atoms. The molecule has 0 spiro atoms. The Morgan fingerprint density at radius 2 is 1.70 bits per heavy atom. The van der Waals surface area contributed by atoms with Crippen LogP contribution in [-0.4, -0.2) is 25.6 Å². The van der Waals surface area contributed by atoms with Crippen molar-refractivity contribution in [2.45, 2.75) is 27.7 Å². The molecule has 0 radical (unpaired) electrons. The summed E-state index contributed by atoms with van der Waals surface area (Å²) >= 11 is 1.01. The lowest BCUT2D eigenvalue weighted by Gasteiger charge is -2.10. The first-order chi connectivity index (χ1) is 10.6. The average Bonchev–Trinajstić information content (AvgIpc) is 2.74. The number of benzene rings is 1. The molecule has 0 aliphatic rings. The van der Waals surface area contributed by atoms with Crippen molar-refractivity contribution in [3.63, 3.8) is 0 Å². The van der Waals surface area contributed by atoms with Crippen molar-refractivity contribution in [1.29, 1.82) is 0 Å². The Balaban J connectivity index is 2.26. The Morgan fingerprint density at radius 3 is 2.30 bits per heavy atom. The van der Waals surface area contributed by atoms with Crippen molar-refractivity contribution in [3.8, 4) is 0 Å². The monoisotopic (exact) mass is 353 g/mol. The summed E-state index contributed by atoms with van der Waals surface area (Å²) in [6.07, 6.45) is 1.04. The van der Waals surface area contributed by atoms with E-state index in [1.165, 1.54) is 0 Å². The van der Waals surface area contributed by atoms with Gasteiger partial charge in [-0.25, -0.2) is 13.4 Å². The van der Waals surface area contributed by atoms with Crippen molar-refractivity contribution in [2.75, 3.05) is 16.3 Å². The van der Waals surface area contributed by atoms with Gasteiger partial charge in [-0.05, 0) is 50.5 Å². The van der Waals surface area contributed by atoms with Crippen molar-refractivity contribution < 1.29 is 13.2 Å². The molecular formula is C15H19N3O3S2. The number of nitrogens with zero attached hydrogens (tertiary/aromatic N) is 1. The molecule has 2 aromatic rings. The van der Waals surface area contributed by atoms with E-state index in [1.807, 2.05) is 32.9 Å². The molecule has 1 aromatic heterocycles. The van der Waals surface area contributed by atoms with E-state index >= 15 is 0 Å². The molecule has 0 unspecified atom stereocenters. The number of carbonyl (C=O) groups is 1. The molecule has 2 N–H and O–H groups in total. The van der Waals surface area contributed by atoms with Crippen molar-refractivity contribution in [2.24, 2.45) is 0 Å². The van der Waals surface area contributed by atoms with Gasteiger partial charge in [-0.3, -0.25) is 9.52 Å². The van der Waals surface area contributed by atoms with Gasteiger partial charge in [0.25, 0.3) is 5.91 Å². The number of thiazole rings is 1. The van der Waals surface area contributed by atoms with Gasteiger partial charge in [0, 0.05) is 5.69 Å². The Hall–Kier alpha value is -1.93. The molecular weight excluding hydrogens is 334 g/mol. The standard InChI is InChI=1S/C15H19N3O3S2/c1-8-6-10(3)12(7-9(8)2)17-14(19)13-11(4)16-15(22-13)18-23(5,20)21/h6-7H,1-5H3,(H,16,18)(H,17,19). The highest BCUT2D eigenvalue weighted by molar-refractivity contribution is 7.92. The summed E-state index contributed by atoms with van der Waals surface area (Å²) in [7, 11) is -3.42. The number of rotatable bonds is 4. The highest BCUT2D eigenvalue weighted by atomic mass is 32.2. The smallest absolute Gasteiger partial charge is 0.267 e. The number of amides is 1. The topological polar surface area (TPSA) is 88.2 Å². The number of hydrogen-bond donors (Lipinski definition) is 2. The Morgan fingerprint density at radius 1 is 1.09 bits per heavy atom. The largest absolute Gasteiger partial charge is 0.321 e. The van der Waals surface area contributed by atoms with E-state index in [-0.39, 0.29) is 11.0 Å². The zero-order valence-corrected chi connectivity index (χ0v) is 15.3. The first kappa shape index (κ1) is 17.4. The molecule has 0 atom stereocenters. The van der Waals surface area contributed by atoms with E-state index in [4.69, 9.17) is 0 Å². The molecule has 0 aliphatic carbocycles. The van der Waals surface area contributed by atoms with Crippen LogP contribution in [0.3, 0.4) is 0 Å². The second-order valence-electron chi connectivity index (χ2n) is 5.51. The number of nitrogens with one attached hydrogen (secondary N) is 2. The summed E-state index contributed by atoms with van der Waals surface area (Å²) in [4.78, 5) is 16.9. The molecule has 1 heterocycles.